The zero-order chi connectivity index (χ0) is 17.4. The van der Waals surface area contributed by atoms with Crippen molar-refractivity contribution in [2.75, 3.05) is 13.1 Å². The minimum atomic E-state index is -3.53. The molecule has 0 unspecified atom stereocenters. The summed E-state index contributed by atoms with van der Waals surface area (Å²) in [6.45, 7) is 1.07. The number of carbonyl (C=O) groups is 1. The SMILES string of the molecule is O=C1[C@H]2CC[C@H](CN(S(=O)(=O)c3cccs3)C2)N1Cc1ccccn1. The summed E-state index contributed by atoms with van der Waals surface area (Å²) in [4.78, 5) is 19.0. The Kier molecular flexibility index (Phi) is 4.35. The number of carbonyl (C=O) groups excluding carboxylic acids is 1. The number of fused-ring (bicyclic) bond motifs is 4. The van der Waals surface area contributed by atoms with Gasteiger partial charge in [-0.25, -0.2) is 8.42 Å². The van der Waals surface area contributed by atoms with Crippen molar-refractivity contribution in [2.45, 2.75) is 29.6 Å². The first-order valence-corrected chi connectivity index (χ1v) is 10.6. The van der Waals surface area contributed by atoms with E-state index in [1.165, 1.54) is 15.6 Å². The van der Waals surface area contributed by atoms with Gasteiger partial charge in [-0.05, 0) is 36.4 Å². The normalized spacial score (nSPS) is 24.5. The zero-order valence-corrected chi connectivity index (χ0v) is 15.2. The molecule has 6 nitrogen and oxygen atoms in total. The summed E-state index contributed by atoms with van der Waals surface area (Å²) in [5, 5.41) is 1.76. The first-order chi connectivity index (χ1) is 12.1. The largest absolute Gasteiger partial charge is 0.332 e. The molecule has 2 aromatic heterocycles. The van der Waals surface area contributed by atoms with Crippen molar-refractivity contribution < 1.29 is 13.2 Å². The minimum Gasteiger partial charge on any atom is -0.332 e. The molecular weight excluding hydrogens is 358 g/mol. The van der Waals surface area contributed by atoms with Crippen LogP contribution in [0.2, 0.25) is 0 Å². The predicted octanol–water partition coefficient (Wildman–Crippen LogP) is 1.95. The second-order valence-corrected chi connectivity index (χ2v) is 9.58. The van der Waals surface area contributed by atoms with E-state index in [0.717, 1.165) is 18.5 Å². The maximum atomic E-state index is 12.9. The lowest BCUT2D eigenvalue weighted by Crippen LogP contribution is -2.47. The van der Waals surface area contributed by atoms with Crippen molar-refractivity contribution in [1.82, 2.24) is 14.2 Å². The number of piperidine rings is 1. The summed E-state index contributed by atoms with van der Waals surface area (Å²) in [6.07, 6.45) is 3.29. The number of pyridine rings is 1. The van der Waals surface area contributed by atoms with Crippen LogP contribution < -0.4 is 0 Å². The molecule has 3 saturated heterocycles. The lowest BCUT2D eigenvalue weighted by Gasteiger charge is -2.35. The van der Waals surface area contributed by atoms with E-state index in [1.54, 1.807) is 23.7 Å². The maximum absolute atomic E-state index is 12.9. The Morgan fingerprint density at radius 2 is 2.04 bits per heavy atom. The van der Waals surface area contributed by atoms with Crippen LogP contribution >= 0.6 is 11.3 Å². The van der Waals surface area contributed by atoms with Gasteiger partial charge in [0.25, 0.3) is 10.0 Å². The Morgan fingerprint density at radius 1 is 1.16 bits per heavy atom. The second-order valence-electron chi connectivity index (χ2n) is 6.47. The van der Waals surface area contributed by atoms with E-state index in [2.05, 4.69) is 4.98 Å². The van der Waals surface area contributed by atoms with Gasteiger partial charge in [0.05, 0.1) is 18.2 Å². The number of rotatable bonds is 4. The summed E-state index contributed by atoms with van der Waals surface area (Å²) >= 11 is 1.22. The number of hydrogen-bond donors (Lipinski definition) is 0. The molecule has 5 rings (SSSR count). The van der Waals surface area contributed by atoms with Gasteiger partial charge in [0.2, 0.25) is 5.91 Å². The van der Waals surface area contributed by atoms with Gasteiger partial charge in [-0.3, -0.25) is 9.78 Å². The van der Waals surface area contributed by atoms with Crippen molar-refractivity contribution in [3.63, 3.8) is 0 Å². The van der Waals surface area contributed by atoms with Crippen molar-refractivity contribution in [3.05, 3.63) is 47.6 Å². The molecule has 0 spiro atoms. The molecule has 0 radical (unpaired) electrons. The first-order valence-electron chi connectivity index (χ1n) is 8.30. The second kappa shape index (κ2) is 6.51. The Bertz CT molecular complexity index is 853. The summed E-state index contributed by atoms with van der Waals surface area (Å²) < 4.78 is 27.6. The molecule has 2 aromatic rings. The van der Waals surface area contributed by atoms with E-state index in [4.69, 9.17) is 0 Å². The lowest BCUT2D eigenvalue weighted by molar-refractivity contribution is -0.140. The maximum Gasteiger partial charge on any atom is 0.252 e. The van der Waals surface area contributed by atoms with Crippen LogP contribution in [-0.2, 0) is 21.4 Å². The van der Waals surface area contributed by atoms with Gasteiger partial charge in [0.1, 0.15) is 4.21 Å². The average Bonchev–Trinajstić information content (AvgIpc) is 3.03. The highest BCUT2D eigenvalue weighted by atomic mass is 32.2. The molecule has 0 saturated carbocycles. The molecule has 3 aliphatic rings. The monoisotopic (exact) mass is 377 g/mol. The van der Waals surface area contributed by atoms with E-state index < -0.39 is 10.0 Å². The molecule has 3 fully saturated rings. The number of thiophene rings is 1. The molecule has 5 heterocycles. The van der Waals surface area contributed by atoms with Crippen LogP contribution in [0.15, 0.2) is 46.1 Å². The number of nitrogens with zero attached hydrogens (tertiary/aromatic N) is 3. The molecular formula is C17H19N3O3S2. The lowest BCUT2D eigenvalue weighted by atomic mass is 9.94. The smallest absolute Gasteiger partial charge is 0.252 e. The van der Waals surface area contributed by atoms with Crippen LogP contribution in [0.25, 0.3) is 0 Å². The zero-order valence-electron chi connectivity index (χ0n) is 13.6. The molecule has 0 aliphatic carbocycles. The Morgan fingerprint density at radius 3 is 2.76 bits per heavy atom. The molecule has 132 valence electrons. The summed E-state index contributed by atoms with van der Waals surface area (Å²) in [7, 11) is -3.53. The summed E-state index contributed by atoms with van der Waals surface area (Å²) in [5.41, 5.74) is 0.830. The van der Waals surface area contributed by atoms with Crippen molar-refractivity contribution in [1.29, 1.82) is 0 Å². The fourth-order valence-electron chi connectivity index (χ4n) is 3.61. The third-order valence-electron chi connectivity index (χ3n) is 4.91. The van der Waals surface area contributed by atoms with E-state index in [9.17, 15) is 13.2 Å². The molecule has 2 bridgehead atoms. The summed E-state index contributed by atoms with van der Waals surface area (Å²) in [6, 6.07) is 8.91. The predicted molar refractivity (Wildman–Crippen MR) is 94.4 cm³/mol. The van der Waals surface area contributed by atoms with Crippen molar-refractivity contribution in [2.24, 2.45) is 5.92 Å². The van der Waals surface area contributed by atoms with Crippen LogP contribution in [0.5, 0.6) is 0 Å². The van der Waals surface area contributed by atoms with Gasteiger partial charge in [-0.15, -0.1) is 11.3 Å². The fraction of sp³-hybridized carbons (Fsp3) is 0.412. The summed E-state index contributed by atoms with van der Waals surface area (Å²) in [5.74, 6) is -0.219. The molecule has 3 aliphatic heterocycles. The first kappa shape index (κ1) is 16.7. The molecule has 0 N–H and O–H groups in total. The molecule has 1 amide bonds. The quantitative estimate of drug-likeness (QED) is 0.817. The van der Waals surface area contributed by atoms with Crippen LogP contribution in [0.4, 0.5) is 0 Å². The number of amides is 1. The minimum absolute atomic E-state index is 0.0470. The van der Waals surface area contributed by atoms with Crippen LogP contribution in [0.1, 0.15) is 18.5 Å². The number of aromatic nitrogens is 1. The van der Waals surface area contributed by atoms with Crippen molar-refractivity contribution >= 4 is 27.3 Å². The Labute approximate surface area is 151 Å². The highest BCUT2D eigenvalue weighted by molar-refractivity contribution is 7.91. The molecule has 0 aromatic carbocycles. The van der Waals surface area contributed by atoms with Crippen molar-refractivity contribution in [3.8, 4) is 0 Å². The van der Waals surface area contributed by atoms with E-state index in [-0.39, 0.29) is 24.4 Å². The highest BCUT2D eigenvalue weighted by Crippen LogP contribution is 2.33. The Balaban J connectivity index is 1.61. The van der Waals surface area contributed by atoms with E-state index >= 15 is 0 Å². The fourth-order valence-corrected chi connectivity index (χ4v) is 6.28. The molecule has 25 heavy (non-hydrogen) atoms. The third kappa shape index (κ3) is 3.09. The topological polar surface area (TPSA) is 70.6 Å². The van der Waals surface area contributed by atoms with Gasteiger partial charge in [0, 0.05) is 25.3 Å². The highest BCUT2D eigenvalue weighted by Gasteiger charge is 2.44. The van der Waals surface area contributed by atoms with Gasteiger partial charge < -0.3 is 4.90 Å². The van der Waals surface area contributed by atoms with E-state index in [0.29, 0.717) is 17.3 Å². The van der Waals surface area contributed by atoms with Crippen LogP contribution in [0, 0.1) is 5.92 Å². The van der Waals surface area contributed by atoms with Crippen LogP contribution in [-0.4, -0.2) is 47.6 Å². The number of hydrogen-bond acceptors (Lipinski definition) is 5. The third-order valence-corrected chi connectivity index (χ3v) is 8.11. The van der Waals surface area contributed by atoms with Crippen LogP contribution in [0.3, 0.4) is 0 Å². The number of sulfonamides is 1. The Hall–Kier alpha value is -1.77. The van der Waals surface area contributed by atoms with E-state index in [1.807, 2.05) is 23.1 Å². The van der Waals surface area contributed by atoms with Gasteiger partial charge >= 0.3 is 0 Å². The standard InChI is InChI=1S/C17H19N3O3S2/c21-17-13-6-7-15(20(17)11-14-4-1-2-8-18-14)12-19(10-13)25(22,23)16-5-3-9-24-16/h1-5,8-9,13,15H,6-7,10-12H2/t13-,15+/m0/s1. The van der Waals surface area contributed by atoms with Gasteiger partial charge in [-0.2, -0.15) is 4.31 Å². The van der Waals surface area contributed by atoms with Gasteiger partial charge in [0.15, 0.2) is 0 Å². The van der Waals surface area contributed by atoms with Gasteiger partial charge in [-0.1, -0.05) is 12.1 Å². The molecule has 8 heteroatoms. The average molecular weight is 377 g/mol. The molecule has 2 atom stereocenters.